The second-order valence-corrected chi connectivity index (χ2v) is 16.7. The number of H-pyrrole nitrogens is 4. The Bertz CT molecular complexity index is 3820. The van der Waals surface area contributed by atoms with Crippen LogP contribution >= 0.6 is 0 Å². The van der Waals surface area contributed by atoms with Crippen LogP contribution in [0.3, 0.4) is 0 Å². The Morgan fingerprint density at radius 2 is 1.10 bits per heavy atom. The number of rotatable bonds is 11. The Morgan fingerprint density at radius 1 is 0.603 bits per heavy atom. The van der Waals surface area contributed by atoms with Crippen LogP contribution in [0.15, 0.2) is 160 Å². The third-order valence-corrected chi connectivity index (χ3v) is 11.3. The van der Waals surface area contributed by atoms with Crippen molar-refractivity contribution in [3.8, 4) is 56.7 Å². The molecule has 0 saturated heterocycles. The second-order valence-electron chi connectivity index (χ2n) is 16.7. The highest BCUT2D eigenvalue weighted by atomic mass is 16.4. The molecule has 0 spiro atoms. The van der Waals surface area contributed by atoms with E-state index in [9.17, 15) is 9.59 Å². The summed E-state index contributed by atoms with van der Waals surface area (Å²) in [4.78, 5) is 63.8. The molecule has 0 radical (unpaired) electrons. The number of pyridine rings is 2. The summed E-state index contributed by atoms with van der Waals surface area (Å²) in [5.41, 5.74) is 19.0. The molecule has 21 nitrogen and oxygen atoms in total. The summed E-state index contributed by atoms with van der Waals surface area (Å²) in [6.07, 6.45) is 17.4. The number of hydrogen-bond donors (Lipinski definition) is 7. The number of nitrogen functional groups attached to an aromatic ring is 1. The largest absolute Gasteiger partial charge is 0.481 e. The molecule has 8 N–H and O–H groups in total. The number of fused-ring (bicyclic) bond motifs is 2. The highest BCUT2D eigenvalue weighted by Crippen LogP contribution is 2.29. The molecule has 0 aliphatic carbocycles. The van der Waals surface area contributed by atoms with Crippen LogP contribution in [0.5, 0.6) is 0 Å². The molecule has 73 heavy (non-hydrogen) atoms. The molecule has 0 saturated carbocycles. The topological polar surface area (TPSA) is 294 Å². The summed E-state index contributed by atoms with van der Waals surface area (Å²) >= 11 is 0. The van der Waals surface area contributed by atoms with E-state index in [0.29, 0.717) is 17.1 Å². The maximum Gasteiger partial charge on any atom is 0.309 e. The maximum absolute atomic E-state index is 12.6. The molecule has 0 atom stereocenters. The van der Waals surface area contributed by atoms with E-state index >= 15 is 0 Å². The van der Waals surface area contributed by atoms with Gasteiger partial charge in [-0.15, -0.1) is 0 Å². The zero-order valence-electron chi connectivity index (χ0n) is 39.1. The van der Waals surface area contributed by atoms with Gasteiger partial charge in [0.1, 0.15) is 36.6 Å². The molecule has 1 amide bonds. The quantitative estimate of drug-likeness (QED) is 0.0607. The normalized spacial score (nSPS) is 10.9. The fraction of sp³-hybridized carbons (Fsp3) is 0.0769. The molecular formula is C52H44N18O3. The van der Waals surface area contributed by atoms with Crippen molar-refractivity contribution in [3.05, 3.63) is 182 Å². The Balaban J connectivity index is 0.000000140. The number of aromatic amines is 4. The lowest BCUT2D eigenvalue weighted by molar-refractivity contribution is -0.136. The summed E-state index contributed by atoms with van der Waals surface area (Å²) < 4.78 is 3.79. The monoisotopic (exact) mass is 968 g/mol. The van der Waals surface area contributed by atoms with Crippen molar-refractivity contribution in [2.45, 2.75) is 26.7 Å². The van der Waals surface area contributed by atoms with Crippen molar-refractivity contribution < 1.29 is 14.7 Å². The van der Waals surface area contributed by atoms with Gasteiger partial charge in [-0.1, -0.05) is 24.3 Å². The molecule has 0 bridgehead atoms. The number of amides is 1. The first-order valence-corrected chi connectivity index (χ1v) is 22.7. The lowest BCUT2D eigenvalue weighted by Crippen LogP contribution is -2.14. The lowest BCUT2D eigenvalue weighted by atomic mass is 10.1. The van der Waals surface area contributed by atoms with Gasteiger partial charge in [-0.2, -0.15) is 10.2 Å². The van der Waals surface area contributed by atoms with Gasteiger partial charge in [0.15, 0.2) is 11.6 Å². The molecule has 0 aliphatic heterocycles. The van der Waals surface area contributed by atoms with Crippen molar-refractivity contribution >= 4 is 45.3 Å². The fourth-order valence-electron chi connectivity index (χ4n) is 7.82. The third-order valence-electron chi connectivity index (χ3n) is 11.3. The predicted octanol–water partition coefficient (Wildman–Crippen LogP) is 7.89. The van der Waals surface area contributed by atoms with E-state index in [1.165, 1.54) is 6.33 Å². The number of nitrogens with one attached hydrogen (secondary N) is 5. The van der Waals surface area contributed by atoms with Crippen LogP contribution in [0.1, 0.15) is 22.8 Å². The van der Waals surface area contributed by atoms with Crippen LogP contribution in [0.2, 0.25) is 0 Å². The summed E-state index contributed by atoms with van der Waals surface area (Å²) in [5.74, 6) is 0.558. The maximum atomic E-state index is 12.6. The van der Waals surface area contributed by atoms with Gasteiger partial charge in [0.05, 0.1) is 46.4 Å². The van der Waals surface area contributed by atoms with Gasteiger partial charge in [-0.3, -0.25) is 38.9 Å². The smallest absolute Gasteiger partial charge is 0.309 e. The fourth-order valence-corrected chi connectivity index (χ4v) is 7.82. The Labute approximate surface area is 414 Å². The summed E-state index contributed by atoms with van der Waals surface area (Å²) in [6, 6.07) is 30.5. The van der Waals surface area contributed by atoms with Crippen LogP contribution in [0, 0.1) is 13.8 Å². The molecule has 10 aromatic heterocycles. The van der Waals surface area contributed by atoms with Gasteiger partial charge >= 0.3 is 5.97 Å². The minimum Gasteiger partial charge on any atom is -0.481 e. The summed E-state index contributed by atoms with van der Waals surface area (Å²) in [5, 5.41) is 27.3. The van der Waals surface area contributed by atoms with Crippen LogP contribution in [0.4, 0.5) is 11.4 Å². The van der Waals surface area contributed by atoms with E-state index in [1.54, 1.807) is 55.9 Å². The number of anilines is 2. The standard InChI is InChI=1S/C26H21N9O.C16H14N6.C10H9N3O2/c1-16-13-35(15-30-16)26-21-11-22(32-25(21)28-14-29-26)17-4-6-19(7-5-17)31-24(36)10-20-9-23(34-33-20)18-3-2-8-27-12-18;1-10-7-22(9-20-10)16-13-6-14(21-15(13)18-8-19-16)11-2-4-12(17)5-3-11;14-10(15)5-8-4-9(13-12-8)7-2-1-3-11-6-7/h2-9,11-15H,10H2,1H3,(H,31,36)(H,33,34)(H,28,29,32);2-9H,17H2,1H3,(H,18,19,21);1-4,6H,5H2,(H,12,13)(H,14,15). The number of carbonyl (C=O) groups excluding carboxylic acids is 1. The van der Waals surface area contributed by atoms with Gasteiger partial charge < -0.3 is 26.1 Å². The number of nitrogens with zero attached hydrogens (tertiary/aromatic N) is 12. The van der Waals surface area contributed by atoms with Gasteiger partial charge in [0, 0.05) is 82.5 Å². The number of hydrogen-bond acceptors (Lipinski definition) is 13. The van der Waals surface area contributed by atoms with Crippen molar-refractivity contribution in [2.75, 3.05) is 11.1 Å². The average Bonchev–Trinajstić information content (AvgIpc) is 4.28. The molecule has 2 aromatic carbocycles. The highest BCUT2D eigenvalue weighted by Gasteiger charge is 2.15. The van der Waals surface area contributed by atoms with E-state index in [0.717, 1.165) is 95.8 Å². The molecule has 0 unspecified atom stereocenters. The van der Waals surface area contributed by atoms with E-state index < -0.39 is 5.97 Å². The molecule has 10 heterocycles. The SMILES string of the molecule is Cc1cn(-c2ncnc3[nH]c(-c4ccc(N)cc4)cc23)cn1.Cc1cn(-c2ncnc3[nH]c(-c4ccc(NC(=O)Cc5cc(-c6cccnc6)n[nH]5)cc4)cc23)cn1.O=C(O)Cc1cc(-c2cccnc2)n[nH]1. The van der Waals surface area contributed by atoms with Crippen LogP contribution in [0.25, 0.3) is 78.7 Å². The number of aliphatic carboxylic acids is 1. The minimum absolute atomic E-state index is 0.0484. The lowest BCUT2D eigenvalue weighted by Gasteiger charge is -2.05. The minimum atomic E-state index is -0.878. The average molecular weight is 969 g/mol. The molecule has 0 fully saturated rings. The molecule has 0 aliphatic rings. The number of nitrogens with two attached hydrogens (primary N) is 1. The van der Waals surface area contributed by atoms with Gasteiger partial charge in [0.2, 0.25) is 5.91 Å². The number of carboxylic acids is 1. The van der Waals surface area contributed by atoms with Gasteiger partial charge in [-0.05, 0) is 97.8 Å². The van der Waals surface area contributed by atoms with Crippen molar-refractivity contribution in [1.29, 1.82) is 0 Å². The molecule has 360 valence electrons. The van der Waals surface area contributed by atoms with Crippen LogP contribution < -0.4 is 11.1 Å². The Morgan fingerprint density at radius 3 is 1.55 bits per heavy atom. The molecule has 12 aromatic rings. The first kappa shape index (κ1) is 46.3. The molecule has 21 heteroatoms. The number of carboxylic acid groups (broad SMARTS) is 1. The number of aromatic nitrogens is 16. The van der Waals surface area contributed by atoms with Crippen molar-refractivity contribution in [1.82, 2.24) is 79.4 Å². The van der Waals surface area contributed by atoms with Crippen LogP contribution in [-0.2, 0) is 22.4 Å². The predicted molar refractivity (Wildman–Crippen MR) is 274 cm³/mol. The highest BCUT2D eigenvalue weighted by molar-refractivity contribution is 5.93. The van der Waals surface area contributed by atoms with Crippen molar-refractivity contribution in [2.24, 2.45) is 0 Å². The number of aryl methyl sites for hydroxylation is 2. The number of carbonyl (C=O) groups is 2. The Kier molecular flexibility index (Phi) is 13.1. The molecule has 12 rings (SSSR count). The van der Waals surface area contributed by atoms with Crippen LogP contribution in [-0.4, -0.2) is 96.4 Å². The zero-order valence-corrected chi connectivity index (χ0v) is 39.1. The molecular weight excluding hydrogens is 925 g/mol. The van der Waals surface area contributed by atoms with E-state index in [-0.39, 0.29) is 18.7 Å². The van der Waals surface area contributed by atoms with E-state index in [2.05, 4.69) is 75.6 Å². The third kappa shape index (κ3) is 10.9. The Hall–Kier alpha value is -10.4. The zero-order chi connectivity index (χ0) is 50.3. The first-order valence-electron chi connectivity index (χ1n) is 22.7. The first-order chi connectivity index (χ1) is 35.6. The summed E-state index contributed by atoms with van der Waals surface area (Å²) in [7, 11) is 0. The van der Waals surface area contributed by atoms with E-state index in [4.69, 9.17) is 10.8 Å². The van der Waals surface area contributed by atoms with Gasteiger partial charge in [-0.25, -0.2) is 29.9 Å². The van der Waals surface area contributed by atoms with Crippen molar-refractivity contribution in [3.63, 3.8) is 0 Å². The van der Waals surface area contributed by atoms with Gasteiger partial charge in [0.25, 0.3) is 0 Å². The second kappa shape index (κ2) is 20.7. The number of benzene rings is 2. The number of imidazole rings is 2. The van der Waals surface area contributed by atoms with E-state index in [1.807, 2.05) is 120 Å². The summed E-state index contributed by atoms with van der Waals surface area (Å²) in [6.45, 7) is 3.89.